The average Bonchev–Trinajstić information content (AvgIpc) is 3.20. The smallest absolute Gasteiger partial charge is 0.130 e. The van der Waals surface area contributed by atoms with Crippen LogP contribution in [0.5, 0.6) is 5.75 Å². The zero-order chi connectivity index (χ0) is 20.3. The minimum atomic E-state index is 0. The van der Waals surface area contributed by atoms with E-state index in [0.717, 1.165) is 44.9 Å². The lowest BCUT2D eigenvalue weighted by atomic mass is 10.0. The van der Waals surface area contributed by atoms with Crippen molar-refractivity contribution >= 4 is 11.0 Å². The molecule has 0 aliphatic carbocycles. The summed E-state index contributed by atoms with van der Waals surface area (Å²) in [5.74, 6) is 0.785. The monoisotopic (exact) mass is 409 g/mol. The van der Waals surface area contributed by atoms with Gasteiger partial charge in [-0.3, -0.25) is 14.6 Å². The number of aromatic nitrogens is 5. The molecule has 154 valence electrons. The minimum Gasteiger partial charge on any atom is -0.487 e. The highest BCUT2D eigenvalue weighted by Crippen LogP contribution is 2.31. The maximum absolute atomic E-state index is 5.94. The van der Waals surface area contributed by atoms with Crippen LogP contribution >= 0.6 is 0 Å². The van der Waals surface area contributed by atoms with Crippen molar-refractivity contribution in [2.45, 2.75) is 14.0 Å². The zero-order valence-corrected chi connectivity index (χ0v) is 16.4. The Hall–Kier alpha value is -4.06. The Labute approximate surface area is 181 Å². The van der Waals surface area contributed by atoms with Crippen LogP contribution < -0.4 is 4.74 Å². The molecular weight excluding hydrogens is 386 g/mol. The fourth-order valence-corrected chi connectivity index (χ4v) is 3.39. The molecule has 0 N–H and O–H groups in total. The third-order valence-electron chi connectivity index (χ3n) is 4.85. The lowest BCUT2D eigenvalue weighted by molar-refractivity contribution is 0.302. The topological polar surface area (TPSA) is 65.7 Å². The average molecular weight is 409 g/mol. The van der Waals surface area contributed by atoms with Gasteiger partial charge in [0.2, 0.25) is 0 Å². The van der Waals surface area contributed by atoms with Gasteiger partial charge >= 0.3 is 0 Å². The molecule has 6 nitrogen and oxygen atoms in total. The highest BCUT2D eigenvalue weighted by Gasteiger charge is 2.12. The summed E-state index contributed by atoms with van der Waals surface area (Å²) in [6, 6.07) is 19.7. The summed E-state index contributed by atoms with van der Waals surface area (Å²) in [5, 5.41) is 4.65. The minimum absolute atomic E-state index is 0. The fraction of sp³-hybridized carbons (Fsp3) is 0.120. The van der Waals surface area contributed by atoms with Crippen LogP contribution in [0.2, 0.25) is 0 Å². The third kappa shape index (κ3) is 4.28. The Balaban J connectivity index is 0.00000231. The van der Waals surface area contributed by atoms with Crippen molar-refractivity contribution < 1.29 is 4.74 Å². The molecule has 0 radical (unpaired) electrons. The van der Waals surface area contributed by atoms with Gasteiger partial charge in [-0.15, -0.1) is 0 Å². The zero-order valence-electron chi connectivity index (χ0n) is 16.4. The lowest BCUT2D eigenvalue weighted by Gasteiger charge is -2.08. The number of hydrogen-bond acceptors (Lipinski definition) is 5. The van der Waals surface area contributed by atoms with Gasteiger partial charge in [-0.25, -0.2) is 4.98 Å². The van der Waals surface area contributed by atoms with E-state index in [9.17, 15) is 0 Å². The Bertz CT molecular complexity index is 1300. The number of ether oxygens (including phenoxy) is 1. The molecule has 5 aromatic rings. The van der Waals surface area contributed by atoms with Crippen LogP contribution in [0.3, 0.4) is 0 Å². The van der Waals surface area contributed by atoms with E-state index in [4.69, 9.17) is 4.74 Å². The number of rotatable bonds is 5. The Kier molecular flexibility index (Phi) is 5.71. The second kappa shape index (κ2) is 8.75. The van der Waals surface area contributed by atoms with Gasteiger partial charge < -0.3 is 4.74 Å². The molecule has 4 heterocycles. The summed E-state index contributed by atoms with van der Waals surface area (Å²) < 4.78 is 7.76. The largest absolute Gasteiger partial charge is 0.487 e. The summed E-state index contributed by atoms with van der Waals surface area (Å²) in [4.78, 5) is 13.0. The van der Waals surface area contributed by atoms with Crippen molar-refractivity contribution in [2.75, 3.05) is 0 Å². The molecule has 4 aromatic heterocycles. The van der Waals surface area contributed by atoms with Gasteiger partial charge in [0.05, 0.1) is 16.7 Å². The third-order valence-corrected chi connectivity index (χ3v) is 4.85. The first kappa shape index (κ1) is 20.2. The number of nitrogens with zero attached hydrogens (tertiary/aromatic N) is 5. The van der Waals surface area contributed by atoms with Crippen molar-refractivity contribution in [3.8, 4) is 28.1 Å². The van der Waals surface area contributed by atoms with Crippen molar-refractivity contribution in [1.29, 1.82) is 0 Å². The number of benzene rings is 1. The van der Waals surface area contributed by atoms with Crippen molar-refractivity contribution in [2.24, 2.45) is 7.05 Å². The van der Waals surface area contributed by atoms with Crippen LogP contribution in [0.25, 0.3) is 33.4 Å². The SMILES string of the molecule is C.Cn1cc(-c2ccncc2)c(-c2ccc(OCc3ccc4ncccc4n3)cc2)n1. The molecule has 0 saturated carbocycles. The van der Waals surface area contributed by atoms with E-state index in [1.54, 1.807) is 18.6 Å². The van der Waals surface area contributed by atoms with Gasteiger partial charge in [0.25, 0.3) is 0 Å². The van der Waals surface area contributed by atoms with E-state index >= 15 is 0 Å². The van der Waals surface area contributed by atoms with E-state index in [2.05, 4.69) is 20.1 Å². The van der Waals surface area contributed by atoms with E-state index in [0.29, 0.717) is 6.61 Å². The summed E-state index contributed by atoms with van der Waals surface area (Å²) in [6.07, 6.45) is 7.37. The number of fused-ring (bicyclic) bond motifs is 1. The Morgan fingerprint density at radius 2 is 1.65 bits per heavy atom. The van der Waals surface area contributed by atoms with E-state index in [-0.39, 0.29) is 7.43 Å². The van der Waals surface area contributed by atoms with Crippen LogP contribution in [0, 0.1) is 0 Å². The van der Waals surface area contributed by atoms with Crippen molar-refractivity contribution in [3.05, 3.63) is 91.1 Å². The molecule has 0 spiro atoms. The molecule has 0 saturated heterocycles. The first-order chi connectivity index (χ1) is 14.8. The van der Waals surface area contributed by atoms with Crippen LogP contribution in [0.15, 0.2) is 85.5 Å². The Morgan fingerprint density at radius 1 is 0.839 bits per heavy atom. The van der Waals surface area contributed by atoms with Gasteiger partial charge in [-0.2, -0.15) is 5.10 Å². The molecule has 0 aliphatic heterocycles. The summed E-state index contributed by atoms with van der Waals surface area (Å²) in [7, 11) is 1.93. The molecule has 1 aromatic carbocycles. The number of hydrogen-bond donors (Lipinski definition) is 0. The molecule has 0 amide bonds. The molecule has 0 unspecified atom stereocenters. The van der Waals surface area contributed by atoms with Crippen LogP contribution in [0.1, 0.15) is 13.1 Å². The predicted octanol–water partition coefficient (Wildman–Crippen LogP) is 5.31. The molecule has 0 fully saturated rings. The lowest BCUT2D eigenvalue weighted by Crippen LogP contribution is -1.98. The molecule has 31 heavy (non-hydrogen) atoms. The van der Waals surface area contributed by atoms with E-state index < -0.39 is 0 Å². The number of aryl methyl sites for hydroxylation is 1. The van der Waals surface area contributed by atoms with Gasteiger partial charge in [0.15, 0.2) is 0 Å². The maximum Gasteiger partial charge on any atom is 0.130 e. The second-order valence-corrected chi connectivity index (χ2v) is 6.96. The van der Waals surface area contributed by atoms with Gasteiger partial charge in [-0.05, 0) is 66.2 Å². The van der Waals surface area contributed by atoms with Crippen LogP contribution in [-0.2, 0) is 13.7 Å². The first-order valence-corrected chi connectivity index (χ1v) is 9.64. The summed E-state index contributed by atoms with van der Waals surface area (Å²) >= 11 is 0. The van der Waals surface area contributed by atoms with Crippen LogP contribution in [-0.4, -0.2) is 24.7 Å². The van der Waals surface area contributed by atoms with Gasteiger partial charge in [-0.1, -0.05) is 7.43 Å². The summed E-state index contributed by atoms with van der Waals surface area (Å²) in [6.45, 7) is 0.399. The molecule has 5 rings (SSSR count). The number of pyridine rings is 3. The molecule has 0 aliphatic rings. The van der Waals surface area contributed by atoms with E-state index in [1.165, 1.54) is 0 Å². The van der Waals surface area contributed by atoms with Gasteiger partial charge in [0.1, 0.15) is 18.1 Å². The molecular formula is C25H23N5O. The van der Waals surface area contributed by atoms with Crippen molar-refractivity contribution in [1.82, 2.24) is 24.7 Å². The normalized spacial score (nSPS) is 10.6. The second-order valence-electron chi connectivity index (χ2n) is 6.96. The predicted molar refractivity (Wildman–Crippen MR) is 122 cm³/mol. The first-order valence-electron chi connectivity index (χ1n) is 9.64. The molecule has 0 bridgehead atoms. The Morgan fingerprint density at radius 3 is 2.45 bits per heavy atom. The molecule has 0 atom stereocenters. The fourth-order valence-electron chi connectivity index (χ4n) is 3.39. The summed E-state index contributed by atoms with van der Waals surface area (Å²) in [5.41, 5.74) is 6.74. The van der Waals surface area contributed by atoms with Crippen LogP contribution in [0.4, 0.5) is 0 Å². The van der Waals surface area contributed by atoms with Gasteiger partial charge in [0, 0.05) is 43.0 Å². The highest BCUT2D eigenvalue weighted by molar-refractivity contribution is 5.80. The standard InChI is InChI=1S/C24H19N5O.CH4/c1-29-15-21(17-10-13-25-14-11-17)24(28-29)18-4-7-20(8-5-18)30-16-19-6-9-22-23(27-19)3-2-12-26-22;/h2-15H,16H2,1H3;1H4. The quantitative estimate of drug-likeness (QED) is 0.394. The highest BCUT2D eigenvalue weighted by atomic mass is 16.5. The maximum atomic E-state index is 5.94. The van der Waals surface area contributed by atoms with E-state index in [1.807, 2.05) is 78.6 Å². The molecule has 6 heteroatoms. The van der Waals surface area contributed by atoms with Crippen molar-refractivity contribution in [3.63, 3.8) is 0 Å².